The molecule has 30 heavy (non-hydrogen) atoms. The average Bonchev–Trinajstić information content (AvgIpc) is 3.03. The first-order chi connectivity index (χ1) is 14.3. The molecule has 2 aromatic carbocycles. The maximum atomic E-state index is 13.4. The van der Waals surface area contributed by atoms with Crippen molar-refractivity contribution in [1.82, 2.24) is 0 Å². The lowest BCUT2D eigenvalue weighted by atomic mass is 9.70. The van der Waals surface area contributed by atoms with Crippen LogP contribution in [0.15, 0.2) is 77.5 Å². The van der Waals surface area contributed by atoms with Gasteiger partial charge >= 0.3 is 5.97 Å². The first-order valence-corrected chi connectivity index (χ1v) is 13.6. The van der Waals surface area contributed by atoms with E-state index >= 15 is 0 Å². The van der Waals surface area contributed by atoms with Gasteiger partial charge in [-0.25, -0.2) is 9.79 Å². The fourth-order valence-electron chi connectivity index (χ4n) is 4.22. The first kappa shape index (κ1) is 20.6. The van der Waals surface area contributed by atoms with Crippen LogP contribution in [0, 0.1) is 0 Å². The zero-order chi connectivity index (χ0) is 21.4. The maximum absolute atomic E-state index is 13.4. The van der Waals surface area contributed by atoms with Crippen molar-refractivity contribution in [2.24, 2.45) is 4.99 Å². The molecule has 0 bridgehead atoms. The highest BCUT2D eigenvalue weighted by molar-refractivity contribution is 6.70. The molecule has 1 heterocycles. The van der Waals surface area contributed by atoms with Crippen molar-refractivity contribution in [3.63, 3.8) is 0 Å². The van der Waals surface area contributed by atoms with E-state index in [0.717, 1.165) is 16.9 Å². The number of methoxy groups -OCH3 is 1. The van der Waals surface area contributed by atoms with Crippen LogP contribution < -0.4 is 0 Å². The van der Waals surface area contributed by atoms with Gasteiger partial charge < -0.3 is 13.9 Å². The average molecular weight is 422 g/mol. The molecule has 3 atom stereocenters. The third kappa shape index (κ3) is 3.85. The summed E-state index contributed by atoms with van der Waals surface area (Å²) >= 11 is 0. The smallest absolute Gasteiger partial charge is 0.342 e. The number of rotatable bonds is 5. The third-order valence-corrected chi connectivity index (χ3v) is 6.24. The van der Waals surface area contributed by atoms with Crippen molar-refractivity contribution in [1.29, 1.82) is 0 Å². The molecule has 3 unspecified atom stereocenters. The van der Waals surface area contributed by atoms with E-state index in [1.54, 1.807) is 7.11 Å². The highest BCUT2D eigenvalue weighted by Gasteiger charge is 2.58. The summed E-state index contributed by atoms with van der Waals surface area (Å²) in [5.74, 6) is 0.433. The molecule has 0 fully saturated rings. The minimum absolute atomic E-state index is 0.314. The molecular weight excluding hydrogens is 394 g/mol. The standard InChI is InChI=1S/C24H27NO4Si/c1-27-20-15-19(29-30(2,3)4)16-24(21(20)17-11-7-5-8-12-17)23(26)28-22(25-24)18-13-9-6-10-14-18/h5-15,20-21H,16H2,1-4H3. The Bertz CT molecular complexity index is 981. The SMILES string of the molecule is COC1C=C(O[Si](C)(C)C)CC2(N=C(c3ccccc3)OC2=O)C1c1ccccc1. The van der Waals surface area contributed by atoms with Crippen LogP contribution in [-0.2, 0) is 18.7 Å². The second-order valence-electron chi connectivity index (χ2n) is 8.71. The Balaban J connectivity index is 1.86. The Morgan fingerprint density at radius 2 is 1.67 bits per heavy atom. The molecule has 5 nitrogen and oxygen atoms in total. The number of benzene rings is 2. The topological polar surface area (TPSA) is 57.1 Å². The minimum Gasteiger partial charge on any atom is -0.547 e. The van der Waals surface area contributed by atoms with Gasteiger partial charge in [-0.05, 0) is 43.4 Å². The van der Waals surface area contributed by atoms with Gasteiger partial charge in [-0.3, -0.25) is 0 Å². The lowest BCUT2D eigenvalue weighted by molar-refractivity contribution is -0.141. The Kier molecular flexibility index (Phi) is 5.38. The van der Waals surface area contributed by atoms with Crippen molar-refractivity contribution in [2.75, 3.05) is 7.11 Å². The van der Waals surface area contributed by atoms with Crippen LogP contribution in [0.3, 0.4) is 0 Å². The van der Waals surface area contributed by atoms with Crippen LogP contribution in [0.5, 0.6) is 0 Å². The van der Waals surface area contributed by atoms with Gasteiger partial charge in [-0.1, -0.05) is 48.5 Å². The van der Waals surface area contributed by atoms with E-state index in [2.05, 4.69) is 19.6 Å². The lowest BCUT2D eigenvalue weighted by Gasteiger charge is -2.41. The number of carbonyl (C=O) groups excluding carboxylic acids is 1. The molecule has 0 aromatic heterocycles. The van der Waals surface area contributed by atoms with E-state index in [9.17, 15) is 4.79 Å². The molecule has 1 aliphatic heterocycles. The van der Waals surface area contributed by atoms with Gasteiger partial charge in [0, 0.05) is 19.1 Å². The van der Waals surface area contributed by atoms with E-state index in [4.69, 9.17) is 18.9 Å². The van der Waals surface area contributed by atoms with Crippen LogP contribution in [0.1, 0.15) is 23.5 Å². The molecule has 1 spiro atoms. The van der Waals surface area contributed by atoms with Crippen LogP contribution in [0.2, 0.25) is 19.6 Å². The van der Waals surface area contributed by atoms with Gasteiger partial charge in [0.05, 0.1) is 17.8 Å². The molecule has 0 saturated carbocycles. The molecular formula is C24H27NO4Si. The van der Waals surface area contributed by atoms with Crippen LogP contribution >= 0.6 is 0 Å². The van der Waals surface area contributed by atoms with Crippen molar-refractivity contribution in [3.8, 4) is 0 Å². The van der Waals surface area contributed by atoms with Gasteiger partial charge in [0.15, 0.2) is 5.54 Å². The molecule has 0 saturated heterocycles. The number of carbonyl (C=O) groups is 1. The van der Waals surface area contributed by atoms with E-state index in [-0.39, 0.29) is 18.0 Å². The second-order valence-corrected chi connectivity index (χ2v) is 13.1. The summed E-state index contributed by atoms with van der Waals surface area (Å²) in [5.41, 5.74) is 0.644. The van der Waals surface area contributed by atoms with Crippen molar-refractivity contribution in [2.45, 2.75) is 43.6 Å². The number of cyclic esters (lactones) is 1. The normalized spacial score (nSPS) is 26.2. The number of ether oxygens (including phenoxy) is 2. The number of aliphatic imine (C=N–C) groups is 1. The molecule has 4 rings (SSSR count). The molecule has 6 heteroatoms. The van der Waals surface area contributed by atoms with Crippen molar-refractivity contribution >= 4 is 20.2 Å². The van der Waals surface area contributed by atoms with Crippen LogP contribution in [-0.4, -0.2) is 38.9 Å². The first-order valence-electron chi connectivity index (χ1n) is 10.2. The Morgan fingerprint density at radius 1 is 1.03 bits per heavy atom. The summed E-state index contributed by atoms with van der Waals surface area (Å²) in [5, 5.41) is 0. The molecule has 0 amide bonds. The highest BCUT2D eigenvalue weighted by atomic mass is 28.4. The Labute approximate surface area is 178 Å². The van der Waals surface area contributed by atoms with Crippen molar-refractivity contribution in [3.05, 3.63) is 83.6 Å². The van der Waals surface area contributed by atoms with E-state index in [0.29, 0.717) is 12.3 Å². The third-order valence-electron chi connectivity index (χ3n) is 5.37. The number of hydrogen-bond donors (Lipinski definition) is 0. The zero-order valence-electron chi connectivity index (χ0n) is 17.8. The van der Waals surface area contributed by atoms with E-state index in [1.165, 1.54) is 0 Å². The van der Waals surface area contributed by atoms with E-state index < -0.39 is 13.9 Å². The molecule has 156 valence electrons. The molecule has 2 aromatic rings. The quantitative estimate of drug-likeness (QED) is 0.520. The number of hydrogen-bond acceptors (Lipinski definition) is 5. The van der Waals surface area contributed by atoms with Crippen molar-refractivity contribution < 1.29 is 18.7 Å². The largest absolute Gasteiger partial charge is 0.547 e. The number of nitrogens with zero attached hydrogens (tertiary/aromatic N) is 1. The zero-order valence-corrected chi connectivity index (χ0v) is 18.8. The summed E-state index contributed by atoms with van der Waals surface area (Å²) < 4.78 is 17.9. The Morgan fingerprint density at radius 3 is 2.27 bits per heavy atom. The predicted octanol–water partition coefficient (Wildman–Crippen LogP) is 4.67. The van der Waals surface area contributed by atoms with Crippen LogP contribution in [0.4, 0.5) is 0 Å². The van der Waals surface area contributed by atoms with E-state index in [1.807, 2.05) is 66.7 Å². The van der Waals surface area contributed by atoms with Crippen LogP contribution in [0.25, 0.3) is 0 Å². The molecule has 1 aliphatic carbocycles. The molecule has 2 aliphatic rings. The van der Waals surface area contributed by atoms with Gasteiger partial charge in [0.25, 0.3) is 0 Å². The highest BCUT2D eigenvalue weighted by Crippen LogP contribution is 2.48. The molecule has 0 radical (unpaired) electrons. The number of esters is 1. The molecule has 0 N–H and O–H groups in total. The maximum Gasteiger partial charge on any atom is 0.342 e. The van der Waals surface area contributed by atoms with Gasteiger partial charge in [0.1, 0.15) is 0 Å². The minimum atomic E-state index is -1.88. The summed E-state index contributed by atoms with van der Waals surface area (Å²) in [7, 11) is -0.226. The summed E-state index contributed by atoms with van der Waals surface area (Å²) in [6, 6.07) is 19.5. The lowest BCUT2D eigenvalue weighted by Crippen LogP contribution is -2.49. The Hall–Kier alpha value is -2.70. The summed E-state index contributed by atoms with van der Waals surface area (Å²) in [6.45, 7) is 6.37. The summed E-state index contributed by atoms with van der Waals surface area (Å²) in [6.07, 6.45) is 2.00. The van der Waals surface area contributed by atoms with Gasteiger partial charge in [-0.2, -0.15) is 0 Å². The fourth-order valence-corrected chi connectivity index (χ4v) is 5.14. The summed E-state index contributed by atoms with van der Waals surface area (Å²) in [4.78, 5) is 18.4. The fraction of sp³-hybridized carbons (Fsp3) is 0.333. The van der Waals surface area contributed by atoms with Gasteiger partial charge in [0.2, 0.25) is 14.2 Å². The second kappa shape index (κ2) is 7.85. The predicted molar refractivity (Wildman–Crippen MR) is 119 cm³/mol. The van der Waals surface area contributed by atoms with Gasteiger partial charge in [-0.15, -0.1) is 0 Å². The monoisotopic (exact) mass is 421 g/mol.